The van der Waals surface area contributed by atoms with Crippen LogP contribution in [0.25, 0.3) is 0 Å². The maximum absolute atomic E-state index is 11.5. The van der Waals surface area contributed by atoms with Crippen LogP contribution in [-0.4, -0.2) is 35.0 Å². The molecule has 2 N–H and O–H groups in total. The summed E-state index contributed by atoms with van der Waals surface area (Å²) < 4.78 is 6.29. The lowest BCUT2D eigenvalue weighted by Gasteiger charge is -2.09. The zero-order chi connectivity index (χ0) is 16.5. The summed E-state index contributed by atoms with van der Waals surface area (Å²) in [5.74, 6) is 1.02. The molecule has 0 fully saturated rings. The second-order valence-corrected chi connectivity index (χ2v) is 6.51. The van der Waals surface area contributed by atoms with E-state index in [-0.39, 0.29) is 5.91 Å². The molecule has 1 aromatic heterocycles. The predicted octanol–water partition coefficient (Wildman–Crippen LogP) is 3.07. The average Bonchev–Trinajstić information content (AvgIpc) is 3.00. The van der Waals surface area contributed by atoms with Gasteiger partial charge in [-0.15, -0.1) is 16.8 Å². The normalized spacial score (nSPS) is 10.1. The number of amides is 1. The number of hydrogen-bond acceptors (Lipinski definition) is 7. The van der Waals surface area contributed by atoms with E-state index >= 15 is 0 Å². The third-order valence-electron chi connectivity index (χ3n) is 2.61. The van der Waals surface area contributed by atoms with E-state index in [2.05, 4.69) is 27.4 Å². The van der Waals surface area contributed by atoms with Gasteiger partial charge in [0, 0.05) is 6.54 Å². The molecule has 0 atom stereocenters. The number of para-hydroxylation sites is 2. The van der Waals surface area contributed by atoms with Crippen LogP contribution in [0.3, 0.4) is 0 Å². The van der Waals surface area contributed by atoms with Crippen molar-refractivity contribution in [1.29, 1.82) is 0 Å². The van der Waals surface area contributed by atoms with Gasteiger partial charge in [0.25, 0.3) is 0 Å². The Hall–Kier alpha value is -2.06. The lowest BCUT2D eigenvalue weighted by molar-refractivity contribution is -0.118. The van der Waals surface area contributed by atoms with Crippen LogP contribution in [0.15, 0.2) is 41.3 Å². The summed E-state index contributed by atoms with van der Waals surface area (Å²) in [6, 6.07) is 7.65. The standard InChI is InChI=1S/C15H18N4O2S2/c1-3-9-16-13(20)10-22-15-19-18-14(23-15)17-11-7-5-6-8-12(11)21-4-2/h3,5-8H,1,4,9-10H2,2H3,(H,16,20)(H,17,18). The van der Waals surface area contributed by atoms with Gasteiger partial charge in [-0.2, -0.15) is 0 Å². The molecule has 8 heteroatoms. The van der Waals surface area contributed by atoms with Crippen molar-refractivity contribution >= 4 is 39.8 Å². The highest BCUT2D eigenvalue weighted by molar-refractivity contribution is 8.01. The summed E-state index contributed by atoms with van der Waals surface area (Å²) in [6.07, 6.45) is 1.64. The Balaban J connectivity index is 1.92. The molecule has 1 heterocycles. The molecule has 23 heavy (non-hydrogen) atoms. The minimum absolute atomic E-state index is 0.0544. The van der Waals surface area contributed by atoms with Gasteiger partial charge in [-0.1, -0.05) is 41.3 Å². The van der Waals surface area contributed by atoms with Crippen LogP contribution < -0.4 is 15.4 Å². The van der Waals surface area contributed by atoms with Crippen LogP contribution in [0.5, 0.6) is 5.75 Å². The SMILES string of the molecule is C=CCNC(=O)CSc1nnc(Nc2ccccc2OCC)s1. The second kappa shape index (κ2) is 9.16. The molecule has 2 aromatic rings. The molecule has 1 aromatic carbocycles. The quantitative estimate of drug-likeness (QED) is 0.535. The fourth-order valence-corrected chi connectivity index (χ4v) is 3.24. The Morgan fingerprint density at radius 1 is 1.43 bits per heavy atom. The van der Waals surface area contributed by atoms with Gasteiger partial charge in [0.1, 0.15) is 5.75 Å². The maximum Gasteiger partial charge on any atom is 0.230 e. The number of hydrogen-bond donors (Lipinski definition) is 2. The number of thioether (sulfide) groups is 1. The molecule has 2 rings (SSSR count). The van der Waals surface area contributed by atoms with Crippen LogP contribution in [0.2, 0.25) is 0 Å². The molecule has 0 radical (unpaired) electrons. The van der Waals surface area contributed by atoms with Gasteiger partial charge in [0.15, 0.2) is 4.34 Å². The molecule has 0 aliphatic heterocycles. The van der Waals surface area contributed by atoms with E-state index in [1.165, 1.54) is 23.1 Å². The zero-order valence-electron chi connectivity index (χ0n) is 12.7. The van der Waals surface area contributed by atoms with Crippen LogP contribution in [0.4, 0.5) is 10.8 Å². The van der Waals surface area contributed by atoms with Crippen molar-refractivity contribution < 1.29 is 9.53 Å². The molecule has 0 spiro atoms. The maximum atomic E-state index is 11.5. The highest BCUT2D eigenvalue weighted by Crippen LogP contribution is 2.31. The first-order valence-electron chi connectivity index (χ1n) is 7.05. The molecule has 6 nitrogen and oxygen atoms in total. The van der Waals surface area contributed by atoms with E-state index in [1.807, 2.05) is 31.2 Å². The fourth-order valence-electron chi connectivity index (χ4n) is 1.65. The number of anilines is 2. The fraction of sp³-hybridized carbons (Fsp3) is 0.267. The number of rotatable bonds is 9. The summed E-state index contributed by atoms with van der Waals surface area (Å²) in [7, 11) is 0. The Morgan fingerprint density at radius 3 is 3.04 bits per heavy atom. The number of nitrogens with zero attached hydrogens (tertiary/aromatic N) is 2. The Kier molecular flexibility index (Phi) is 6.89. The summed E-state index contributed by atoms with van der Waals surface area (Å²) in [6.45, 7) is 6.55. The second-order valence-electron chi connectivity index (χ2n) is 4.31. The number of benzene rings is 1. The molecular weight excluding hydrogens is 332 g/mol. The predicted molar refractivity (Wildman–Crippen MR) is 94.7 cm³/mol. The number of ether oxygens (including phenoxy) is 1. The molecule has 0 unspecified atom stereocenters. The minimum Gasteiger partial charge on any atom is -0.492 e. The third kappa shape index (κ3) is 5.57. The van der Waals surface area contributed by atoms with Crippen LogP contribution in [0, 0.1) is 0 Å². The van der Waals surface area contributed by atoms with E-state index in [0.29, 0.717) is 24.0 Å². The molecule has 0 aliphatic carbocycles. The molecule has 0 bridgehead atoms. The molecule has 0 saturated carbocycles. The first-order valence-corrected chi connectivity index (χ1v) is 8.86. The Bertz CT molecular complexity index is 660. The monoisotopic (exact) mass is 350 g/mol. The number of aromatic nitrogens is 2. The third-order valence-corrected chi connectivity index (χ3v) is 4.58. The highest BCUT2D eigenvalue weighted by Gasteiger charge is 2.09. The van der Waals surface area contributed by atoms with E-state index in [9.17, 15) is 4.79 Å². The first kappa shape index (κ1) is 17.3. The van der Waals surface area contributed by atoms with Gasteiger partial charge < -0.3 is 15.4 Å². The first-order chi connectivity index (χ1) is 11.2. The van der Waals surface area contributed by atoms with E-state index < -0.39 is 0 Å². The Labute approximate surface area is 143 Å². The molecular formula is C15H18N4O2S2. The van der Waals surface area contributed by atoms with E-state index in [1.54, 1.807) is 6.08 Å². The van der Waals surface area contributed by atoms with Crippen molar-refractivity contribution in [2.45, 2.75) is 11.3 Å². The smallest absolute Gasteiger partial charge is 0.230 e. The van der Waals surface area contributed by atoms with Gasteiger partial charge in [-0.25, -0.2) is 0 Å². The van der Waals surface area contributed by atoms with Crippen molar-refractivity contribution in [3.05, 3.63) is 36.9 Å². The molecule has 1 amide bonds. The zero-order valence-corrected chi connectivity index (χ0v) is 14.4. The average molecular weight is 350 g/mol. The summed E-state index contributed by atoms with van der Waals surface area (Å²) in [5.41, 5.74) is 0.839. The largest absolute Gasteiger partial charge is 0.492 e. The van der Waals surface area contributed by atoms with Crippen molar-refractivity contribution in [3.63, 3.8) is 0 Å². The number of carbonyl (C=O) groups is 1. The van der Waals surface area contributed by atoms with Gasteiger partial charge in [0.2, 0.25) is 11.0 Å². The van der Waals surface area contributed by atoms with Crippen LogP contribution in [0.1, 0.15) is 6.92 Å². The Morgan fingerprint density at radius 2 is 2.26 bits per heavy atom. The highest BCUT2D eigenvalue weighted by atomic mass is 32.2. The number of carbonyl (C=O) groups excluding carboxylic acids is 1. The topological polar surface area (TPSA) is 76.1 Å². The van der Waals surface area contributed by atoms with Crippen molar-refractivity contribution in [2.24, 2.45) is 0 Å². The molecule has 0 saturated heterocycles. The number of nitrogens with one attached hydrogen (secondary N) is 2. The summed E-state index contributed by atoms with van der Waals surface area (Å²) in [4.78, 5) is 11.5. The van der Waals surface area contributed by atoms with Gasteiger partial charge in [0.05, 0.1) is 18.0 Å². The van der Waals surface area contributed by atoms with Gasteiger partial charge in [-0.3, -0.25) is 4.79 Å². The molecule has 0 aliphatic rings. The van der Waals surface area contributed by atoms with Gasteiger partial charge >= 0.3 is 0 Å². The van der Waals surface area contributed by atoms with Crippen molar-refractivity contribution in [2.75, 3.05) is 24.2 Å². The van der Waals surface area contributed by atoms with E-state index in [0.717, 1.165) is 15.8 Å². The molecule has 122 valence electrons. The van der Waals surface area contributed by atoms with Gasteiger partial charge in [-0.05, 0) is 19.1 Å². The lowest BCUT2D eigenvalue weighted by atomic mass is 10.3. The van der Waals surface area contributed by atoms with E-state index in [4.69, 9.17) is 4.74 Å². The lowest BCUT2D eigenvalue weighted by Crippen LogP contribution is -2.24. The van der Waals surface area contributed by atoms with Crippen molar-refractivity contribution in [1.82, 2.24) is 15.5 Å². The van der Waals surface area contributed by atoms with Crippen LogP contribution >= 0.6 is 23.1 Å². The van der Waals surface area contributed by atoms with Crippen molar-refractivity contribution in [3.8, 4) is 5.75 Å². The summed E-state index contributed by atoms with van der Waals surface area (Å²) in [5, 5.41) is 14.7. The minimum atomic E-state index is -0.0544. The van der Waals surface area contributed by atoms with Crippen LogP contribution in [-0.2, 0) is 4.79 Å². The summed E-state index contributed by atoms with van der Waals surface area (Å²) >= 11 is 2.75.